The van der Waals surface area contributed by atoms with Crippen molar-refractivity contribution in [3.05, 3.63) is 49.5 Å². The van der Waals surface area contributed by atoms with Gasteiger partial charge in [0.25, 0.3) is 0 Å². The molecule has 0 saturated carbocycles. The molecule has 1 aromatic heterocycles. The number of hydrogen-bond donors (Lipinski definition) is 2. The number of hydrogen-bond acceptors (Lipinski definition) is 2. The van der Waals surface area contributed by atoms with Crippen LogP contribution in [-0.2, 0) is 0 Å². The summed E-state index contributed by atoms with van der Waals surface area (Å²) in [6.07, 6.45) is 2.92. The van der Waals surface area contributed by atoms with E-state index in [4.69, 9.17) is 5.11 Å². The van der Waals surface area contributed by atoms with Crippen LogP contribution in [0, 0.1) is 0 Å². The number of aromatic nitrogens is 2. The first kappa shape index (κ1) is 12.1. The summed E-state index contributed by atoms with van der Waals surface area (Å²) < 4.78 is 2.38. The summed E-state index contributed by atoms with van der Waals surface area (Å²) in [6, 6.07) is 3.13. The van der Waals surface area contributed by atoms with Crippen molar-refractivity contribution in [1.82, 2.24) is 9.55 Å². The molecule has 1 aromatic carbocycles. The van der Waals surface area contributed by atoms with Crippen molar-refractivity contribution in [1.29, 1.82) is 0 Å². The predicted octanol–water partition coefficient (Wildman–Crippen LogP) is 2.39. The Labute approximate surface area is 112 Å². The molecular weight excluding hydrogens is 356 g/mol. The lowest BCUT2D eigenvalue weighted by Crippen LogP contribution is -2.17. The molecule has 7 heteroatoms. The molecule has 0 amide bonds. The van der Waals surface area contributed by atoms with Crippen LogP contribution in [0.3, 0.4) is 0 Å². The Bertz CT molecular complexity index is 645. The topological polar surface area (TPSA) is 75.1 Å². The number of nitrogens with zero attached hydrogens (tertiary/aromatic N) is 1. The van der Waals surface area contributed by atoms with E-state index in [1.165, 1.54) is 23.0 Å². The van der Waals surface area contributed by atoms with Gasteiger partial charge in [0.15, 0.2) is 0 Å². The molecule has 2 aromatic rings. The fraction of sp³-hybridized carbons (Fsp3) is 0. The van der Waals surface area contributed by atoms with Crippen LogP contribution in [0.25, 0.3) is 5.69 Å². The number of imidazole rings is 1. The highest BCUT2D eigenvalue weighted by atomic mass is 79.9. The molecule has 0 aliphatic rings. The molecule has 0 unspecified atom stereocenters. The van der Waals surface area contributed by atoms with Gasteiger partial charge in [-0.05, 0) is 28.1 Å². The number of rotatable bonds is 2. The third-order valence-electron chi connectivity index (χ3n) is 2.15. The maximum atomic E-state index is 11.5. The summed E-state index contributed by atoms with van der Waals surface area (Å²) in [7, 11) is 0. The lowest BCUT2D eigenvalue weighted by molar-refractivity contribution is 0.0696. The summed E-state index contributed by atoms with van der Waals surface area (Å²) >= 11 is 6.46. The molecule has 0 saturated heterocycles. The van der Waals surface area contributed by atoms with Crippen LogP contribution in [0.1, 0.15) is 10.4 Å². The highest BCUT2D eigenvalue weighted by Gasteiger charge is 2.17. The van der Waals surface area contributed by atoms with E-state index in [0.29, 0.717) is 14.6 Å². The number of carbonyl (C=O) groups is 1. The van der Waals surface area contributed by atoms with Gasteiger partial charge >= 0.3 is 11.7 Å². The monoisotopic (exact) mass is 360 g/mol. The lowest BCUT2D eigenvalue weighted by Gasteiger charge is -2.09. The largest absolute Gasteiger partial charge is 0.478 e. The van der Waals surface area contributed by atoms with Gasteiger partial charge in [0.2, 0.25) is 0 Å². The molecule has 88 valence electrons. The summed E-state index contributed by atoms with van der Waals surface area (Å²) in [4.78, 5) is 25.1. The minimum Gasteiger partial charge on any atom is -0.478 e. The number of nitrogens with one attached hydrogen (secondary N) is 1. The Hall–Kier alpha value is -1.34. The van der Waals surface area contributed by atoms with Crippen molar-refractivity contribution in [3.63, 3.8) is 0 Å². The Morgan fingerprint density at radius 3 is 2.59 bits per heavy atom. The maximum absolute atomic E-state index is 11.5. The van der Waals surface area contributed by atoms with Crippen molar-refractivity contribution in [2.75, 3.05) is 0 Å². The number of halogens is 2. The minimum absolute atomic E-state index is 0.0351. The Balaban J connectivity index is 2.81. The number of aromatic carboxylic acids is 1. The first-order chi connectivity index (χ1) is 8.00. The predicted molar refractivity (Wildman–Crippen MR) is 68.7 cm³/mol. The highest BCUT2D eigenvalue weighted by molar-refractivity contribution is 9.11. The standard InChI is InChI=1S/C10H6Br2N2O3/c11-5-3-6(9(15)16)8(7(12)4-5)14-2-1-13-10(14)17/h1-4H,(H,13,17)(H,15,16). The Morgan fingerprint density at radius 1 is 1.35 bits per heavy atom. The minimum atomic E-state index is -1.10. The van der Waals surface area contributed by atoms with E-state index < -0.39 is 11.7 Å². The van der Waals surface area contributed by atoms with Crippen LogP contribution in [-0.4, -0.2) is 20.6 Å². The maximum Gasteiger partial charge on any atom is 0.337 e. The zero-order valence-electron chi connectivity index (χ0n) is 8.28. The van der Waals surface area contributed by atoms with Crippen molar-refractivity contribution in [3.8, 4) is 5.69 Å². The molecular formula is C10H6Br2N2O3. The number of H-pyrrole nitrogens is 1. The lowest BCUT2D eigenvalue weighted by atomic mass is 10.2. The zero-order chi connectivity index (χ0) is 12.6. The molecule has 1 heterocycles. The fourth-order valence-corrected chi connectivity index (χ4v) is 2.89. The number of benzene rings is 1. The number of aromatic amines is 1. The van der Waals surface area contributed by atoms with Crippen LogP contribution in [0.4, 0.5) is 0 Å². The summed E-state index contributed by atoms with van der Waals surface area (Å²) in [5.74, 6) is -1.10. The summed E-state index contributed by atoms with van der Waals surface area (Å²) in [5.41, 5.74) is -0.0598. The van der Waals surface area contributed by atoms with Crippen LogP contribution in [0.2, 0.25) is 0 Å². The number of carboxylic acid groups (broad SMARTS) is 1. The van der Waals surface area contributed by atoms with Crippen molar-refractivity contribution < 1.29 is 9.90 Å². The van der Waals surface area contributed by atoms with Gasteiger partial charge in [0, 0.05) is 21.3 Å². The number of carboxylic acids is 1. The summed E-state index contributed by atoms with van der Waals surface area (Å²) in [6.45, 7) is 0. The third kappa shape index (κ3) is 2.20. The molecule has 0 spiro atoms. The molecule has 0 atom stereocenters. The molecule has 2 N–H and O–H groups in total. The van der Waals surface area contributed by atoms with Gasteiger partial charge in [-0.1, -0.05) is 15.9 Å². The van der Waals surface area contributed by atoms with Crippen molar-refractivity contribution in [2.24, 2.45) is 0 Å². The van der Waals surface area contributed by atoms with E-state index in [1.807, 2.05) is 0 Å². The second kappa shape index (κ2) is 4.50. The zero-order valence-corrected chi connectivity index (χ0v) is 11.4. The van der Waals surface area contributed by atoms with Crippen LogP contribution >= 0.6 is 31.9 Å². The summed E-state index contributed by atoms with van der Waals surface area (Å²) in [5, 5.41) is 9.14. The second-order valence-corrected chi connectivity index (χ2v) is 4.99. The van der Waals surface area contributed by atoms with Gasteiger partial charge in [-0.2, -0.15) is 0 Å². The van der Waals surface area contributed by atoms with Gasteiger partial charge in [0.1, 0.15) is 0 Å². The van der Waals surface area contributed by atoms with Crippen molar-refractivity contribution >= 4 is 37.8 Å². The van der Waals surface area contributed by atoms with Gasteiger partial charge in [-0.15, -0.1) is 0 Å². The molecule has 0 aliphatic heterocycles. The quantitative estimate of drug-likeness (QED) is 0.862. The molecule has 0 bridgehead atoms. The van der Waals surface area contributed by atoms with Crippen molar-refractivity contribution in [2.45, 2.75) is 0 Å². The first-order valence-corrected chi connectivity index (χ1v) is 6.08. The van der Waals surface area contributed by atoms with Gasteiger partial charge in [-0.3, -0.25) is 4.57 Å². The Morgan fingerprint density at radius 2 is 2.06 bits per heavy atom. The second-order valence-electron chi connectivity index (χ2n) is 3.22. The fourth-order valence-electron chi connectivity index (χ4n) is 1.47. The highest BCUT2D eigenvalue weighted by Crippen LogP contribution is 2.28. The molecule has 0 aliphatic carbocycles. The molecule has 0 radical (unpaired) electrons. The first-order valence-electron chi connectivity index (χ1n) is 4.49. The third-order valence-corrected chi connectivity index (χ3v) is 3.21. The smallest absolute Gasteiger partial charge is 0.337 e. The SMILES string of the molecule is O=C(O)c1cc(Br)cc(Br)c1-n1cc[nH]c1=O. The normalized spacial score (nSPS) is 10.5. The van der Waals surface area contributed by atoms with E-state index in [0.717, 1.165) is 0 Å². The average Bonchev–Trinajstić information content (AvgIpc) is 2.63. The van der Waals surface area contributed by atoms with E-state index in [9.17, 15) is 9.59 Å². The van der Waals surface area contributed by atoms with Crippen LogP contribution in [0.5, 0.6) is 0 Å². The molecule has 2 rings (SSSR count). The van der Waals surface area contributed by atoms with E-state index in [2.05, 4.69) is 36.8 Å². The van der Waals surface area contributed by atoms with Crippen LogP contribution < -0.4 is 5.69 Å². The van der Waals surface area contributed by atoms with Gasteiger partial charge < -0.3 is 10.1 Å². The molecule has 17 heavy (non-hydrogen) atoms. The average molecular weight is 362 g/mol. The van der Waals surface area contributed by atoms with E-state index in [1.54, 1.807) is 6.07 Å². The van der Waals surface area contributed by atoms with E-state index in [-0.39, 0.29) is 5.56 Å². The van der Waals surface area contributed by atoms with Gasteiger partial charge in [-0.25, -0.2) is 9.59 Å². The van der Waals surface area contributed by atoms with Crippen LogP contribution in [0.15, 0.2) is 38.3 Å². The van der Waals surface area contributed by atoms with Gasteiger partial charge in [0.05, 0.1) is 11.3 Å². The van der Waals surface area contributed by atoms with E-state index >= 15 is 0 Å². The molecule has 5 nitrogen and oxygen atoms in total. The molecule has 0 fully saturated rings. The Kier molecular flexibility index (Phi) is 3.21.